The van der Waals surface area contributed by atoms with Crippen LogP contribution in [-0.4, -0.2) is 49.5 Å². The molecule has 1 saturated heterocycles. The fourth-order valence-corrected chi connectivity index (χ4v) is 7.00. The normalized spacial score (nSPS) is 25.0. The average molecular weight is 356 g/mol. The molecule has 1 atom stereocenters. The number of aliphatic hydroxyl groups is 1. The molecule has 1 aliphatic heterocycles. The number of fused-ring (bicyclic) bond motifs is 2. The van der Waals surface area contributed by atoms with Crippen molar-refractivity contribution in [3.63, 3.8) is 0 Å². The van der Waals surface area contributed by atoms with Crippen LogP contribution in [0.3, 0.4) is 0 Å². The van der Waals surface area contributed by atoms with Crippen molar-refractivity contribution in [1.82, 2.24) is 0 Å². The van der Waals surface area contributed by atoms with E-state index < -0.39 is 15.6 Å². The van der Waals surface area contributed by atoms with Gasteiger partial charge in [-0.05, 0) is 12.1 Å². The number of methoxy groups -OCH3 is 3. The van der Waals surface area contributed by atoms with E-state index in [1.54, 1.807) is 37.7 Å². The number of rotatable bonds is 3. The van der Waals surface area contributed by atoms with E-state index in [9.17, 15) is 9.90 Å². The molecule has 1 aromatic carbocycles. The Kier molecular flexibility index (Phi) is 4.46. The largest absolute Gasteiger partial charge is 0.496 e. The van der Waals surface area contributed by atoms with Crippen molar-refractivity contribution in [1.29, 1.82) is 0 Å². The zero-order valence-electron chi connectivity index (χ0n) is 13.4. The van der Waals surface area contributed by atoms with Gasteiger partial charge in [0.2, 0.25) is 0 Å². The summed E-state index contributed by atoms with van der Waals surface area (Å²) in [5.41, 5.74) is 0.305. The fourth-order valence-electron chi connectivity index (χ4n) is 3.43. The Balaban J connectivity index is 2.23. The van der Waals surface area contributed by atoms with Crippen LogP contribution in [0.25, 0.3) is 0 Å². The minimum Gasteiger partial charge on any atom is -0.496 e. The average Bonchev–Trinajstić information content (AvgIpc) is 3.01. The number of thioether (sulfide) groups is 2. The first kappa shape index (κ1) is 16.8. The SMILES string of the molecule is COC(=O)C1(O)Cc2c(OC)ccc(OC)c2C2(C1)SCCS2. The molecule has 2 aliphatic rings. The molecular formula is C16H20O5S2. The van der Waals surface area contributed by atoms with Crippen LogP contribution in [0.4, 0.5) is 0 Å². The van der Waals surface area contributed by atoms with Crippen LogP contribution >= 0.6 is 23.5 Å². The third-order valence-corrected chi connectivity index (χ3v) is 7.78. The second kappa shape index (κ2) is 6.11. The van der Waals surface area contributed by atoms with Crippen LogP contribution in [0.5, 0.6) is 11.5 Å². The van der Waals surface area contributed by atoms with Crippen LogP contribution < -0.4 is 9.47 Å². The molecule has 1 N–H and O–H groups in total. The second-order valence-corrected chi connectivity index (χ2v) is 8.70. The molecule has 1 fully saturated rings. The van der Waals surface area contributed by atoms with Crippen LogP contribution in [-0.2, 0) is 20.0 Å². The molecule has 3 rings (SSSR count). The quantitative estimate of drug-likeness (QED) is 0.833. The van der Waals surface area contributed by atoms with Crippen molar-refractivity contribution in [2.75, 3.05) is 32.8 Å². The summed E-state index contributed by atoms with van der Waals surface area (Å²) >= 11 is 3.49. The highest BCUT2D eigenvalue weighted by molar-refractivity contribution is 8.20. The van der Waals surface area contributed by atoms with Crippen molar-refractivity contribution >= 4 is 29.5 Å². The first-order valence-electron chi connectivity index (χ1n) is 7.33. The van der Waals surface area contributed by atoms with Crippen LogP contribution in [0.15, 0.2) is 12.1 Å². The maximum atomic E-state index is 12.2. The topological polar surface area (TPSA) is 65.0 Å². The number of esters is 1. The standard InChI is InChI=1S/C16H20O5S2/c1-19-11-4-5-12(20-2)13-10(11)8-15(18,14(17)21-3)9-16(13)22-6-7-23-16/h4-5,18H,6-9H2,1-3H3. The molecule has 5 nitrogen and oxygen atoms in total. The number of benzene rings is 1. The molecule has 0 radical (unpaired) electrons. The predicted molar refractivity (Wildman–Crippen MR) is 91.4 cm³/mol. The summed E-state index contributed by atoms with van der Waals surface area (Å²) in [5, 5.41) is 11.0. The Morgan fingerprint density at radius 2 is 1.74 bits per heavy atom. The van der Waals surface area contributed by atoms with Gasteiger partial charge in [0, 0.05) is 35.5 Å². The van der Waals surface area contributed by atoms with E-state index in [2.05, 4.69) is 0 Å². The Morgan fingerprint density at radius 3 is 2.30 bits per heavy atom. The molecule has 1 spiro atoms. The van der Waals surface area contributed by atoms with Crippen molar-refractivity contribution in [2.24, 2.45) is 0 Å². The van der Waals surface area contributed by atoms with Gasteiger partial charge in [-0.1, -0.05) is 0 Å². The lowest BCUT2D eigenvalue weighted by Crippen LogP contribution is -2.49. The first-order chi connectivity index (χ1) is 11.0. The van der Waals surface area contributed by atoms with Crippen LogP contribution in [0.1, 0.15) is 17.5 Å². The van der Waals surface area contributed by atoms with Gasteiger partial charge >= 0.3 is 5.97 Å². The van der Waals surface area contributed by atoms with Gasteiger partial charge in [-0.2, -0.15) is 0 Å². The molecular weight excluding hydrogens is 336 g/mol. The Hall–Kier alpha value is -1.05. The molecule has 1 heterocycles. The third-order valence-electron chi connectivity index (χ3n) is 4.37. The van der Waals surface area contributed by atoms with E-state index in [4.69, 9.17) is 14.2 Å². The molecule has 23 heavy (non-hydrogen) atoms. The summed E-state index contributed by atoms with van der Waals surface area (Å²) < 4.78 is 15.5. The second-order valence-electron chi connectivity index (χ2n) is 5.65. The summed E-state index contributed by atoms with van der Waals surface area (Å²) in [7, 11) is 4.54. The van der Waals surface area contributed by atoms with Gasteiger partial charge in [0.05, 0.1) is 25.4 Å². The monoisotopic (exact) mass is 356 g/mol. The van der Waals surface area contributed by atoms with Gasteiger partial charge in [-0.15, -0.1) is 23.5 Å². The Bertz CT molecular complexity index is 627. The third kappa shape index (κ3) is 2.58. The van der Waals surface area contributed by atoms with Gasteiger partial charge < -0.3 is 19.3 Å². The molecule has 0 aromatic heterocycles. The highest BCUT2D eigenvalue weighted by Crippen LogP contribution is 2.63. The molecule has 1 unspecified atom stereocenters. The summed E-state index contributed by atoms with van der Waals surface area (Å²) in [6.07, 6.45) is 0.469. The Morgan fingerprint density at radius 1 is 1.13 bits per heavy atom. The maximum absolute atomic E-state index is 12.2. The van der Waals surface area contributed by atoms with Crippen molar-refractivity contribution in [2.45, 2.75) is 22.5 Å². The van der Waals surface area contributed by atoms with Crippen molar-refractivity contribution in [3.05, 3.63) is 23.3 Å². The minimum atomic E-state index is -1.55. The zero-order chi connectivity index (χ0) is 16.7. The van der Waals surface area contributed by atoms with Gasteiger partial charge in [0.15, 0.2) is 5.60 Å². The number of hydrogen-bond donors (Lipinski definition) is 1. The molecule has 0 saturated carbocycles. The van der Waals surface area contributed by atoms with Gasteiger partial charge in [-0.25, -0.2) is 4.79 Å². The lowest BCUT2D eigenvalue weighted by molar-refractivity contribution is -0.163. The maximum Gasteiger partial charge on any atom is 0.338 e. The summed E-state index contributed by atoms with van der Waals surface area (Å²) in [5.74, 6) is 2.76. The highest BCUT2D eigenvalue weighted by Gasteiger charge is 2.55. The van der Waals surface area contributed by atoms with Crippen LogP contribution in [0.2, 0.25) is 0 Å². The number of carbonyl (C=O) groups is 1. The number of carbonyl (C=O) groups excluding carboxylic acids is 1. The number of ether oxygens (including phenoxy) is 3. The van der Waals surface area contributed by atoms with E-state index in [0.717, 1.165) is 28.4 Å². The molecule has 7 heteroatoms. The smallest absolute Gasteiger partial charge is 0.338 e. The Labute approximate surface area is 144 Å². The van der Waals surface area contributed by atoms with E-state index in [1.807, 2.05) is 12.1 Å². The van der Waals surface area contributed by atoms with Crippen LogP contribution in [0, 0.1) is 0 Å². The summed E-state index contributed by atoms with van der Waals surface area (Å²) in [4.78, 5) is 12.2. The van der Waals surface area contributed by atoms with Gasteiger partial charge in [0.25, 0.3) is 0 Å². The van der Waals surface area contributed by atoms with E-state index >= 15 is 0 Å². The zero-order valence-corrected chi connectivity index (χ0v) is 15.0. The van der Waals surface area contributed by atoms with E-state index in [-0.39, 0.29) is 6.42 Å². The number of hydrogen-bond acceptors (Lipinski definition) is 7. The van der Waals surface area contributed by atoms with E-state index in [0.29, 0.717) is 12.2 Å². The lowest BCUT2D eigenvalue weighted by Gasteiger charge is -2.42. The highest BCUT2D eigenvalue weighted by atomic mass is 32.2. The molecule has 0 amide bonds. The molecule has 1 aromatic rings. The summed E-state index contributed by atoms with van der Waals surface area (Å²) in [6, 6.07) is 3.71. The minimum absolute atomic E-state index is 0.165. The summed E-state index contributed by atoms with van der Waals surface area (Å²) in [6.45, 7) is 0. The first-order valence-corrected chi connectivity index (χ1v) is 9.30. The lowest BCUT2D eigenvalue weighted by atomic mass is 9.78. The fraction of sp³-hybridized carbons (Fsp3) is 0.562. The predicted octanol–water partition coefficient (Wildman–Crippen LogP) is 2.19. The van der Waals surface area contributed by atoms with Crippen molar-refractivity contribution < 1.29 is 24.1 Å². The molecule has 0 bridgehead atoms. The van der Waals surface area contributed by atoms with Crippen molar-refractivity contribution in [3.8, 4) is 11.5 Å². The van der Waals surface area contributed by atoms with Gasteiger partial charge in [-0.3, -0.25) is 0 Å². The molecule has 126 valence electrons. The van der Waals surface area contributed by atoms with Gasteiger partial charge in [0.1, 0.15) is 11.5 Å². The van der Waals surface area contributed by atoms with E-state index in [1.165, 1.54) is 7.11 Å². The molecule has 1 aliphatic carbocycles.